The maximum absolute atomic E-state index is 12.0. The number of hydrogen-bond acceptors (Lipinski definition) is 4. The lowest BCUT2D eigenvalue weighted by Crippen LogP contribution is -2.17. The molecule has 0 saturated carbocycles. The fourth-order valence-electron chi connectivity index (χ4n) is 1.68. The normalized spacial score (nSPS) is 10.9. The van der Waals surface area contributed by atoms with Gasteiger partial charge in [-0.3, -0.25) is 14.9 Å². The van der Waals surface area contributed by atoms with Crippen LogP contribution >= 0.6 is 0 Å². The zero-order valence-electron chi connectivity index (χ0n) is 11.3. The number of alkyl halides is 3. The number of nitro groups is 1. The molecule has 0 bridgehead atoms. The Balaban J connectivity index is 2.03. The standard InChI is InChI=1S/C14H9F3N2O4/c15-14(16,17)23-12-7-3-10(4-8-12)18-13(20)9-1-5-11(6-2-9)19(21)22/h1-8H,(H,18,20). The number of amides is 1. The van der Waals surface area contributed by atoms with E-state index in [2.05, 4.69) is 10.1 Å². The van der Waals surface area contributed by atoms with E-state index >= 15 is 0 Å². The van der Waals surface area contributed by atoms with Crippen LogP contribution in [0.1, 0.15) is 10.4 Å². The van der Waals surface area contributed by atoms with Crippen LogP contribution in [-0.4, -0.2) is 17.2 Å². The molecule has 0 aliphatic carbocycles. The summed E-state index contributed by atoms with van der Waals surface area (Å²) < 4.78 is 39.8. The number of nitrogens with zero attached hydrogens (tertiary/aromatic N) is 1. The van der Waals surface area contributed by atoms with Crippen molar-refractivity contribution in [2.24, 2.45) is 0 Å². The van der Waals surface area contributed by atoms with Crippen LogP contribution in [0.15, 0.2) is 48.5 Å². The molecule has 2 rings (SSSR count). The van der Waals surface area contributed by atoms with Crippen LogP contribution in [0.4, 0.5) is 24.5 Å². The largest absolute Gasteiger partial charge is 0.573 e. The van der Waals surface area contributed by atoms with Crippen LogP contribution in [0, 0.1) is 10.1 Å². The Bertz CT molecular complexity index is 712. The number of non-ortho nitro benzene ring substituents is 1. The van der Waals surface area contributed by atoms with Gasteiger partial charge in [0.2, 0.25) is 0 Å². The summed E-state index contributed by atoms with van der Waals surface area (Å²) in [6.45, 7) is 0. The first-order valence-corrected chi connectivity index (χ1v) is 6.16. The molecule has 0 saturated heterocycles. The van der Waals surface area contributed by atoms with E-state index < -0.39 is 22.9 Å². The molecule has 0 aromatic heterocycles. The maximum atomic E-state index is 12.0. The fraction of sp³-hybridized carbons (Fsp3) is 0.0714. The molecule has 120 valence electrons. The molecule has 0 spiro atoms. The smallest absolute Gasteiger partial charge is 0.406 e. The molecule has 0 atom stereocenters. The third kappa shape index (κ3) is 4.70. The average Bonchev–Trinajstić information content (AvgIpc) is 2.48. The number of benzene rings is 2. The highest BCUT2D eigenvalue weighted by atomic mass is 19.4. The van der Waals surface area contributed by atoms with E-state index in [4.69, 9.17) is 0 Å². The molecule has 0 aliphatic rings. The van der Waals surface area contributed by atoms with E-state index in [-0.39, 0.29) is 16.9 Å². The molecule has 2 aromatic rings. The summed E-state index contributed by atoms with van der Waals surface area (Å²) in [6, 6.07) is 9.49. The summed E-state index contributed by atoms with van der Waals surface area (Å²) >= 11 is 0. The van der Waals surface area contributed by atoms with Crippen LogP contribution in [0.5, 0.6) is 5.75 Å². The molecule has 1 amide bonds. The molecule has 0 radical (unpaired) electrons. The first kappa shape index (κ1) is 16.3. The number of ether oxygens (including phenoxy) is 1. The van der Waals surface area contributed by atoms with Crippen molar-refractivity contribution in [2.75, 3.05) is 5.32 Å². The molecule has 23 heavy (non-hydrogen) atoms. The molecular formula is C14H9F3N2O4. The zero-order valence-corrected chi connectivity index (χ0v) is 11.3. The number of carbonyl (C=O) groups excluding carboxylic acids is 1. The number of nitrogens with one attached hydrogen (secondary N) is 1. The van der Waals surface area contributed by atoms with Gasteiger partial charge in [-0.15, -0.1) is 13.2 Å². The van der Waals surface area contributed by atoms with Crippen molar-refractivity contribution in [3.8, 4) is 5.75 Å². The van der Waals surface area contributed by atoms with Crippen molar-refractivity contribution in [1.29, 1.82) is 0 Å². The van der Waals surface area contributed by atoms with E-state index in [1.54, 1.807) is 0 Å². The summed E-state index contributed by atoms with van der Waals surface area (Å²) in [4.78, 5) is 21.8. The highest BCUT2D eigenvalue weighted by molar-refractivity contribution is 6.04. The Labute approximate surface area is 127 Å². The van der Waals surface area contributed by atoms with Crippen LogP contribution in [-0.2, 0) is 0 Å². The minimum Gasteiger partial charge on any atom is -0.406 e. The Hall–Kier alpha value is -3.10. The summed E-state index contributed by atoms with van der Waals surface area (Å²) in [5.41, 5.74) is 0.268. The van der Waals surface area contributed by atoms with Crippen LogP contribution in [0.3, 0.4) is 0 Å². The van der Waals surface area contributed by atoms with Crippen molar-refractivity contribution in [3.05, 3.63) is 64.2 Å². The summed E-state index contributed by atoms with van der Waals surface area (Å²) in [5, 5.41) is 13.0. The Morgan fingerprint density at radius 2 is 1.61 bits per heavy atom. The zero-order chi connectivity index (χ0) is 17.0. The molecular weight excluding hydrogens is 317 g/mol. The summed E-state index contributed by atoms with van der Waals surface area (Å²) in [6.07, 6.45) is -4.79. The van der Waals surface area contributed by atoms with Gasteiger partial charge in [0.05, 0.1) is 4.92 Å². The molecule has 1 N–H and O–H groups in total. The van der Waals surface area contributed by atoms with Gasteiger partial charge in [-0.05, 0) is 36.4 Å². The minimum atomic E-state index is -4.79. The van der Waals surface area contributed by atoms with E-state index in [0.717, 1.165) is 12.1 Å². The molecule has 9 heteroatoms. The van der Waals surface area contributed by atoms with Crippen LogP contribution in [0.25, 0.3) is 0 Å². The summed E-state index contributed by atoms with van der Waals surface area (Å²) in [7, 11) is 0. The van der Waals surface area contributed by atoms with Gasteiger partial charge >= 0.3 is 6.36 Å². The molecule has 0 aliphatic heterocycles. The number of halogens is 3. The van der Waals surface area contributed by atoms with Crippen LogP contribution in [0.2, 0.25) is 0 Å². The molecule has 0 heterocycles. The average molecular weight is 326 g/mol. The van der Waals surface area contributed by atoms with Crippen molar-refractivity contribution in [1.82, 2.24) is 0 Å². The lowest BCUT2D eigenvalue weighted by atomic mass is 10.2. The highest BCUT2D eigenvalue weighted by Gasteiger charge is 2.30. The maximum Gasteiger partial charge on any atom is 0.573 e. The van der Waals surface area contributed by atoms with Crippen LogP contribution < -0.4 is 10.1 Å². The third-order valence-corrected chi connectivity index (χ3v) is 2.69. The monoisotopic (exact) mass is 326 g/mol. The molecule has 2 aromatic carbocycles. The predicted octanol–water partition coefficient (Wildman–Crippen LogP) is 3.75. The Morgan fingerprint density at radius 3 is 2.09 bits per heavy atom. The van der Waals surface area contributed by atoms with E-state index in [1.807, 2.05) is 0 Å². The highest BCUT2D eigenvalue weighted by Crippen LogP contribution is 2.24. The Kier molecular flexibility index (Phi) is 4.49. The number of nitro benzene ring substituents is 1. The van der Waals surface area contributed by atoms with Gasteiger partial charge in [0, 0.05) is 23.4 Å². The second-order valence-corrected chi connectivity index (χ2v) is 4.33. The number of anilines is 1. The van der Waals surface area contributed by atoms with E-state index in [1.165, 1.54) is 36.4 Å². The lowest BCUT2D eigenvalue weighted by molar-refractivity contribution is -0.384. The Morgan fingerprint density at radius 1 is 1.04 bits per heavy atom. The van der Waals surface area contributed by atoms with Crippen molar-refractivity contribution in [2.45, 2.75) is 6.36 Å². The van der Waals surface area contributed by atoms with E-state index in [9.17, 15) is 28.1 Å². The van der Waals surface area contributed by atoms with Crippen molar-refractivity contribution < 1.29 is 27.6 Å². The first-order valence-electron chi connectivity index (χ1n) is 6.16. The molecule has 6 nitrogen and oxygen atoms in total. The predicted molar refractivity (Wildman–Crippen MR) is 74.2 cm³/mol. The van der Waals surface area contributed by atoms with Gasteiger partial charge in [-0.1, -0.05) is 0 Å². The quantitative estimate of drug-likeness (QED) is 0.685. The third-order valence-electron chi connectivity index (χ3n) is 2.69. The van der Waals surface area contributed by atoms with Gasteiger partial charge in [0.1, 0.15) is 5.75 Å². The second kappa shape index (κ2) is 6.34. The van der Waals surface area contributed by atoms with Gasteiger partial charge in [-0.2, -0.15) is 0 Å². The van der Waals surface area contributed by atoms with Gasteiger partial charge in [-0.25, -0.2) is 0 Å². The topological polar surface area (TPSA) is 81.5 Å². The lowest BCUT2D eigenvalue weighted by Gasteiger charge is -2.10. The van der Waals surface area contributed by atoms with Crippen molar-refractivity contribution >= 4 is 17.3 Å². The van der Waals surface area contributed by atoms with E-state index in [0.29, 0.717) is 0 Å². The fourth-order valence-corrected chi connectivity index (χ4v) is 1.68. The number of hydrogen-bond donors (Lipinski definition) is 1. The minimum absolute atomic E-state index is 0.157. The molecule has 0 unspecified atom stereocenters. The summed E-state index contributed by atoms with van der Waals surface area (Å²) in [5.74, 6) is -0.963. The number of rotatable bonds is 4. The van der Waals surface area contributed by atoms with Gasteiger partial charge in [0.15, 0.2) is 0 Å². The molecule has 0 fully saturated rings. The van der Waals surface area contributed by atoms with Gasteiger partial charge in [0.25, 0.3) is 11.6 Å². The SMILES string of the molecule is O=C(Nc1ccc(OC(F)(F)F)cc1)c1ccc([N+](=O)[O-])cc1. The second-order valence-electron chi connectivity index (χ2n) is 4.33. The first-order chi connectivity index (χ1) is 10.7. The number of carbonyl (C=O) groups is 1. The van der Waals surface area contributed by atoms with Gasteiger partial charge < -0.3 is 10.1 Å². The van der Waals surface area contributed by atoms with Crippen molar-refractivity contribution in [3.63, 3.8) is 0 Å².